The summed E-state index contributed by atoms with van der Waals surface area (Å²) in [6.45, 7) is 3.51. The first kappa shape index (κ1) is 27.4. The molecule has 0 unspecified atom stereocenters. The number of hydrogen-bond acceptors (Lipinski definition) is 8. The molecule has 0 saturated carbocycles. The van der Waals surface area contributed by atoms with Crippen molar-refractivity contribution in [2.75, 3.05) is 46.4 Å². The van der Waals surface area contributed by atoms with E-state index in [2.05, 4.69) is 10.3 Å². The number of ether oxygens (including phenoxy) is 3. The van der Waals surface area contributed by atoms with E-state index in [9.17, 15) is 19.2 Å². The topological polar surface area (TPSA) is 127 Å². The Kier molecular flexibility index (Phi) is 8.93. The molecule has 0 spiro atoms. The number of amides is 3. The van der Waals surface area contributed by atoms with Crippen LogP contribution in [0.2, 0.25) is 0 Å². The highest BCUT2D eigenvalue weighted by Crippen LogP contribution is 2.26. The normalized spacial score (nSPS) is 13.1. The lowest BCUT2D eigenvalue weighted by Crippen LogP contribution is -2.52. The zero-order valence-electron chi connectivity index (χ0n) is 21.8. The third kappa shape index (κ3) is 6.81. The van der Waals surface area contributed by atoms with E-state index >= 15 is 0 Å². The van der Waals surface area contributed by atoms with E-state index in [0.717, 1.165) is 10.9 Å². The molecular weight excluding hydrogens is 504 g/mol. The van der Waals surface area contributed by atoms with Gasteiger partial charge in [-0.2, -0.15) is 0 Å². The molecule has 39 heavy (non-hydrogen) atoms. The highest BCUT2D eigenvalue weighted by atomic mass is 16.6. The highest BCUT2D eigenvalue weighted by molar-refractivity contribution is 5.98. The van der Waals surface area contributed by atoms with Gasteiger partial charge in [-0.25, -0.2) is 14.6 Å². The van der Waals surface area contributed by atoms with Crippen LogP contribution in [0.5, 0.6) is 5.75 Å². The lowest BCUT2D eigenvalue weighted by molar-refractivity contribution is -0.131. The number of fused-ring (bicyclic) bond motifs is 1. The van der Waals surface area contributed by atoms with Crippen LogP contribution in [0.15, 0.2) is 54.6 Å². The number of hydrogen-bond donors (Lipinski definition) is 1. The van der Waals surface area contributed by atoms with Crippen LogP contribution in [0.3, 0.4) is 0 Å². The molecule has 0 bridgehead atoms. The van der Waals surface area contributed by atoms with E-state index in [-0.39, 0.29) is 24.8 Å². The Hall–Kier alpha value is -4.67. The van der Waals surface area contributed by atoms with E-state index in [1.54, 1.807) is 53.1 Å². The van der Waals surface area contributed by atoms with Gasteiger partial charge in [-0.05, 0) is 36.8 Å². The van der Waals surface area contributed by atoms with Crippen LogP contribution in [-0.4, -0.2) is 85.1 Å². The summed E-state index contributed by atoms with van der Waals surface area (Å²) < 4.78 is 15.8. The number of methoxy groups -OCH3 is 1. The lowest BCUT2D eigenvalue weighted by Gasteiger charge is -2.34. The Morgan fingerprint density at radius 1 is 0.949 bits per heavy atom. The van der Waals surface area contributed by atoms with Gasteiger partial charge in [0, 0.05) is 37.6 Å². The van der Waals surface area contributed by atoms with Gasteiger partial charge in [0.15, 0.2) is 0 Å². The summed E-state index contributed by atoms with van der Waals surface area (Å²) in [7, 11) is 1.33. The third-order valence-electron chi connectivity index (χ3n) is 6.24. The van der Waals surface area contributed by atoms with Crippen LogP contribution in [0.4, 0.5) is 4.79 Å². The molecule has 11 nitrogen and oxygen atoms in total. The van der Waals surface area contributed by atoms with Crippen molar-refractivity contribution in [1.82, 2.24) is 20.1 Å². The highest BCUT2D eigenvalue weighted by Gasteiger charge is 2.25. The van der Waals surface area contributed by atoms with Gasteiger partial charge in [-0.3, -0.25) is 9.59 Å². The van der Waals surface area contributed by atoms with E-state index in [1.807, 2.05) is 18.2 Å². The van der Waals surface area contributed by atoms with Crippen LogP contribution in [0.1, 0.15) is 33.3 Å². The van der Waals surface area contributed by atoms with Crippen molar-refractivity contribution in [3.8, 4) is 5.75 Å². The maximum Gasteiger partial charge on any atom is 0.409 e. The number of piperazine rings is 1. The molecule has 1 N–H and O–H groups in total. The van der Waals surface area contributed by atoms with Crippen LogP contribution >= 0.6 is 0 Å². The molecule has 4 rings (SSSR count). The maximum atomic E-state index is 12.9. The van der Waals surface area contributed by atoms with Gasteiger partial charge >= 0.3 is 12.1 Å². The molecular formula is C28H30N4O7. The Labute approximate surface area is 225 Å². The fraction of sp³-hybridized carbons (Fsp3) is 0.321. The summed E-state index contributed by atoms with van der Waals surface area (Å²) in [5, 5.41) is 3.37. The van der Waals surface area contributed by atoms with Crippen molar-refractivity contribution in [2.24, 2.45) is 0 Å². The smallest absolute Gasteiger partial charge is 0.409 e. The summed E-state index contributed by atoms with van der Waals surface area (Å²) in [6.07, 6.45) is -0.392. The zero-order chi connectivity index (χ0) is 27.8. The van der Waals surface area contributed by atoms with Crippen molar-refractivity contribution < 1.29 is 33.4 Å². The Bertz CT molecular complexity index is 1350. The fourth-order valence-electron chi connectivity index (χ4n) is 4.11. The number of pyridine rings is 1. The summed E-state index contributed by atoms with van der Waals surface area (Å²) in [4.78, 5) is 56.7. The van der Waals surface area contributed by atoms with E-state index in [1.165, 1.54) is 7.11 Å². The molecule has 0 aliphatic carbocycles. The summed E-state index contributed by atoms with van der Waals surface area (Å²) in [5.74, 6) is -0.717. The van der Waals surface area contributed by atoms with E-state index < -0.39 is 18.0 Å². The maximum absolute atomic E-state index is 12.9. The van der Waals surface area contributed by atoms with Gasteiger partial charge in [-0.1, -0.05) is 24.3 Å². The van der Waals surface area contributed by atoms with Crippen LogP contribution in [0, 0.1) is 0 Å². The molecule has 1 saturated heterocycles. The largest absolute Gasteiger partial charge is 0.488 e. The number of aromatic nitrogens is 1. The van der Waals surface area contributed by atoms with Crippen LogP contribution in [-0.2, 0) is 20.9 Å². The quantitative estimate of drug-likeness (QED) is 0.437. The van der Waals surface area contributed by atoms with E-state index in [4.69, 9.17) is 14.2 Å². The van der Waals surface area contributed by atoms with Gasteiger partial charge in [0.05, 0.1) is 31.3 Å². The number of nitrogens with zero attached hydrogens (tertiary/aromatic N) is 3. The summed E-state index contributed by atoms with van der Waals surface area (Å²) in [6, 6.07) is 15.7. The third-order valence-corrected chi connectivity index (χ3v) is 6.24. The number of carbonyl (C=O) groups is 4. The molecule has 2 heterocycles. The SMILES string of the molecule is CCOC(=O)N1CCN(C(=O)CNC(=O)c2cc(OCc3ccc(C(=O)OC)cc3)c3ccccc3n2)CC1. The van der Waals surface area contributed by atoms with Crippen molar-refractivity contribution in [3.05, 3.63) is 71.4 Å². The van der Waals surface area contributed by atoms with Gasteiger partial charge in [-0.15, -0.1) is 0 Å². The van der Waals surface area contributed by atoms with Crippen molar-refractivity contribution in [3.63, 3.8) is 0 Å². The second-order valence-corrected chi connectivity index (χ2v) is 8.75. The lowest BCUT2D eigenvalue weighted by atomic mass is 10.1. The molecule has 1 aliphatic heterocycles. The minimum absolute atomic E-state index is 0.115. The van der Waals surface area contributed by atoms with Crippen LogP contribution in [0.25, 0.3) is 10.9 Å². The second kappa shape index (κ2) is 12.7. The van der Waals surface area contributed by atoms with Gasteiger partial charge < -0.3 is 29.3 Å². The Morgan fingerprint density at radius 3 is 2.33 bits per heavy atom. The van der Waals surface area contributed by atoms with Crippen molar-refractivity contribution in [1.29, 1.82) is 0 Å². The molecule has 204 valence electrons. The Morgan fingerprint density at radius 2 is 1.64 bits per heavy atom. The van der Waals surface area contributed by atoms with Gasteiger partial charge in [0.1, 0.15) is 18.1 Å². The standard InChI is InChI=1S/C28H30N4O7/c1-3-38-28(36)32-14-12-31(13-15-32)25(33)17-29-26(34)23-16-24(21-6-4-5-7-22(21)30-23)39-18-19-8-10-20(11-9-19)27(35)37-2/h4-11,16H,3,12-15,17-18H2,1-2H3,(H,29,34). The number of esters is 1. The van der Waals surface area contributed by atoms with Gasteiger partial charge in [0.2, 0.25) is 5.91 Å². The molecule has 2 aromatic carbocycles. The number of benzene rings is 2. The molecule has 3 aromatic rings. The monoisotopic (exact) mass is 534 g/mol. The zero-order valence-corrected chi connectivity index (χ0v) is 21.8. The summed E-state index contributed by atoms with van der Waals surface area (Å²) in [5.41, 5.74) is 1.94. The summed E-state index contributed by atoms with van der Waals surface area (Å²) >= 11 is 0. The minimum atomic E-state index is -0.508. The first-order chi connectivity index (χ1) is 18.9. The molecule has 0 radical (unpaired) electrons. The van der Waals surface area contributed by atoms with Crippen molar-refractivity contribution >= 4 is 34.8 Å². The van der Waals surface area contributed by atoms with E-state index in [0.29, 0.717) is 49.6 Å². The van der Waals surface area contributed by atoms with Crippen molar-refractivity contribution in [2.45, 2.75) is 13.5 Å². The van der Waals surface area contributed by atoms with Crippen LogP contribution < -0.4 is 10.1 Å². The fourth-order valence-corrected chi connectivity index (χ4v) is 4.11. The first-order valence-electron chi connectivity index (χ1n) is 12.6. The minimum Gasteiger partial charge on any atom is -0.488 e. The first-order valence-corrected chi connectivity index (χ1v) is 12.6. The predicted molar refractivity (Wildman–Crippen MR) is 141 cm³/mol. The molecule has 1 fully saturated rings. The number of nitrogens with one attached hydrogen (secondary N) is 1. The molecule has 0 atom stereocenters. The predicted octanol–water partition coefficient (Wildman–Crippen LogP) is 2.63. The second-order valence-electron chi connectivity index (χ2n) is 8.75. The average Bonchev–Trinajstić information content (AvgIpc) is 2.98. The number of rotatable bonds is 8. The number of carbonyl (C=O) groups excluding carboxylic acids is 4. The van der Waals surface area contributed by atoms with Gasteiger partial charge in [0.25, 0.3) is 5.91 Å². The molecule has 1 aromatic heterocycles. The molecule has 3 amide bonds. The number of para-hydroxylation sites is 1. The molecule has 1 aliphatic rings. The average molecular weight is 535 g/mol. The molecule has 11 heteroatoms. The Balaban J connectivity index is 1.38.